The molecule has 0 bridgehead atoms. The molecule has 12 heavy (non-hydrogen) atoms. The van der Waals surface area contributed by atoms with Gasteiger partial charge in [-0.2, -0.15) is 0 Å². The molecular formula is C9H11ClN2. The van der Waals surface area contributed by atoms with Crippen molar-refractivity contribution in [1.29, 1.82) is 0 Å². The van der Waals surface area contributed by atoms with Crippen LogP contribution in [0.5, 0.6) is 0 Å². The summed E-state index contributed by atoms with van der Waals surface area (Å²) in [6.07, 6.45) is 3.51. The Bertz CT molecular complexity index is 284. The van der Waals surface area contributed by atoms with Crippen molar-refractivity contribution >= 4 is 17.3 Å². The molecule has 0 aromatic carbocycles. The second-order valence-corrected chi connectivity index (χ2v) is 2.88. The van der Waals surface area contributed by atoms with Crippen LogP contribution in [0, 0.1) is 0 Å². The first-order chi connectivity index (χ1) is 5.74. The molecule has 0 spiro atoms. The minimum absolute atomic E-state index is 0.489. The molecule has 2 nitrogen and oxygen atoms in total. The molecule has 0 atom stereocenters. The normalized spacial score (nSPS) is 9.75. The third-order valence-electron chi connectivity index (χ3n) is 1.56. The molecule has 0 aliphatic heterocycles. The van der Waals surface area contributed by atoms with Crippen molar-refractivity contribution in [3.63, 3.8) is 0 Å². The largest absolute Gasteiger partial charge is 0.397 e. The zero-order valence-corrected chi connectivity index (χ0v) is 7.51. The standard InChI is InChI=1S/C9H11ClN2/c1-2-3-4-8-7(11)5-6-9(10)12-8/h2,5-6H,1,3-4,11H2. The number of nitrogen functional groups attached to an aromatic ring is 1. The molecule has 1 rings (SSSR count). The topological polar surface area (TPSA) is 38.9 Å². The summed E-state index contributed by atoms with van der Waals surface area (Å²) in [5, 5.41) is 0.489. The van der Waals surface area contributed by atoms with Gasteiger partial charge >= 0.3 is 0 Å². The lowest BCUT2D eigenvalue weighted by Gasteiger charge is -2.02. The van der Waals surface area contributed by atoms with Crippen molar-refractivity contribution in [3.05, 3.63) is 35.6 Å². The van der Waals surface area contributed by atoms with E-state index >= 15 is 0 Å². The van der Waals surface area contributed by atoms with Gasteiger partial charge in [-0.25, -0.2) is 4.98 Å². The van der Waals surface area contributed by atoms with Gasteiger partial charge in [0.2, 0.25) is 0 Å². The zero-order valence-electron chi connectivity index (χ0n) is 6.76. The van der Waals surface area contributed by atoms with Gasteiger partial charge in [-0.3, -0.25) is 0 Å². The summed E-state index contributed by atoms with van der Waals surface area (Å²) < 4.78 is 0. The number of nitrogens with zero attached hydrogens (tertiary/aromatic N) is 1. The number of aromatic nitrogens is 1. The van der Waals surface area contributed by atoms with Crippen LogP contribution in [0.15, 0.2) is 24.8 Å². The van der Waals surface area contributed by atoms with Crippen molar-refractivity contribution < 1.29 is 0 Å². The summed E-state index contributed by atoms with van der Waals surface area (Å²) in [5.41, 5.74) is 7.22. The van der Waals surface area contributed by atoms with Crippen molar-refractivity contribution in [2.75, 3.05) is 5.73 Å². The number of allylic oxidation sites excluding steroid dienone is 1. The van der Waals surface area contributed by atoms with Gasteiger partial charge in [0.05, 0.1) is 11.4 Å². The Hall–Kier alpha value is -1.02. The second kappa shape index (κ2) is 4.12. The third-order valence-corrected chi connectivity index (χ3v) is 1.77. The van der Waals surface area contributed by atoms with E-state index in [2.05, 4.69) is 11.6 Å². The molecule has 0 aliphatic carbocycles. The molecule has 0 fully saturated rings. The van der Waals surface area contributed by atoms with Gasteiger partial charge in [0.25, 0.3) is 0 Å². The average Bonchev–Trinajstić information content (AvgIpc) is 2.07. The number of rotatable bonds is 3. The lowest BCUT2D eigenvalue weighted by Crippen LogP contribution is -1.97. The number of halogens is 1. The first-order valence-corrected chi connectivity index (χ1v) is 4.13. The zero-order chi connectivity index (χ0) is 8.97. The fourth-order valence-electron chi connectivity index (χ4n) is 0.925. The molecule has 3 heteroatoms. The molecule has 0 unspecified atom stereocenters. The summed E-state index contributed by atoms with van der Waals surface area (Å²) in [6, 6.07) is 3.46. The van der Waals surface area contributed by atoms with Crippen molar-refractivity contribution in [2.24, 2.45) is 0 Å². The fourth-order valence-corrected chi connectivity index (χ4v) is 1.09. The van der Waals surface area contributed by atoms with E-state index in [1.807, 2.05) is 6.08 Å². The van der Waals surface area contributed by atoms with Gasteiger partial charge < -0.3 is 5.73 Å². The van der Waals surface area contributed by atoms with E-state index in [1.54, 1.807) is 12.1 Å². The van der Waals surface area contributed by atoms with Crippen LogP contribution in [0.1, 0.15) is 12.1 Å². The molecular weight excluding hydrogens is 172 g/mol. The van der Waals surface area contributed by atoms with E-state index in [9.17, 15) is 0 Å². The Balaban J connectivity index is 2.82. The predicted octanol–water partition coefficient (Wildman–Crippen LogP) is 2.44. The summed E-state index contributed by atoms with van der Waals surface area (Å²) in [4.78, 5) is 4.10. The van der Waals surface area contributed by atoms with Crippen LogP contribution < -0.4 is 5.73 Å². The molecule has 2 N–H and O–H groups in total. The predicted molar refractivity (Wildman–Crippen MR) is 52.2 cm³/mol. The van der Waals surface area contributed by atoms with E-state index in [0.717, 1.165) is 18.5 Å². The molecule has 0 amide bonds. The van der Waals surface area contributed by atoms with Gasteiger partial charge in [0, 0.05) is 0 Å². The molecule has 1 aromatic heterocycles. The number of anilines is 1. The maximum atomic E-state index is 5.70. The van der Waals surface area contributed by atoms with E-state index in [1.165, 1.54) is 0 Å². The quantitative estimate of drug-likeness (QED) is 0.576. The lowest BCUT2D eigenvalue weighted by molar-refractivity contribution is 0.950. The summed E-state index contributed by atoms with van der Waals surface area (Å²) in [7, 11) is 0. The number of nitrogens with two attached hydrogens (primary N) is 1. The van der Waals surface area contributed by atoms with Crippen LogP contribution >= 0.6 is 11.6 Å². The van der Waals surface area contributed by atoms with Crippen molar-refractivity contribution in [1.82, 2.24) is 4.98 Å². The molecule has 0 radical (unpaired) electrons. The summed E-state index contributed by atoms with van der Waals surface area (Å²) in [5.74, 6) is 0. The molecule has 0 saturated carbocycles. The lowest BCUT2D eigenvalue weighted by atomic mass is 10.2. The SMILES string of the molecule is C=CCCc1nc(Cl)ccc1N. The summed E-state index contributed by atoms with van der Waals surface area (Å²) >= 11 is 5.70. The minimum atomic E-state index is 0.489. The smallest absolute Gasteiger partial charge is 0.129 e. The fraction of sp³-hybridized carbons (Fsp3) is 0.222. The van der Waals surface area contributed by atoms with Crippen molar-refractivity contribution in [2.45, 2.75) is 12.8 Å². The van der Waals surface area contributed by atoms with Crippen LogP contribution in [0.3, 0.4) is 0 Å². The Morgan fingerprint density at radius 1 is 1.58 bits per heavy atom. The highest BCUT2D eigenvalue weighted by Gasteiger charge is 1.99. The Morgan fingerprint density at radius 3 is 3.00 bits per heavy atom. The maximum absolute atomic E-state index is 5.70. The molecule has 1 heterocycles. The second-order valence-electron chi connectivity index (χ2n) is 2.50. The number of pyridine rings is 1. The highest BCUT2D eigenvalue weighted by molar-refractivity contribution is 6.29. The molecule has 0 aliphatic rings. The third kappa shape index (κ3) is 2.24. The Morgan fingerprint density at radius 2 is 2.33 bits per heavy atom. The number of hydrogen-bond donors (Lipinski definition) is 1. The van der Waals surface area contributed by atoms with E-state index in [0.29, 0.717) is 10.8 Å². The molecule has 1 aromatic rings. The highest BCUT2D eigenvalue weighted by atomic mass is 35.5. The first-order valence-electron chi connectivity index (χ1n) is 3.76. The Labute approximate surface area is 77.1 Å². The Kier molecular flexibility index (Phi) is 3.11. The van der Waals surface area contributed by atoms with Gasteiger partial charge in [-0.05, 0) is 25.0 Å². The monoisotopic (exact) mass is 182 g/mol. The first kappa shape index (κ1) is 9.07. The van der Waals surface area contributed by atoms with Gasteiger partial charge in [0.1, 0.15) is 5.15 Å². The maximum Gasteiger partial charge on any atom is 0.129 e. The van der Waals surface area contributed by atoms with Crippen LogP contribution in [0.4, 0.5) is 5.69 Å². The van der Waals surface area contributed by atoms with Crippen LogP contribution in [-0.2, 0) is 6.42 Å². The minimum Gasteiger partial charge on any atom is -0.397 e. The molecule has 0 saturated heterocycles. The summed E-state index contributed by atoms with van der Waals surface area (Å²) in [6.45, 7) is 3.63. The van der Waals surface area contributed by atoms with Crippen LogP contribution in [-0.4, -0.2) is 4.98 Å². The number of aryl methyl sites for hydroxylation is 1. The van der Waals surface area contributed by atoms with E-state index in [-0.39, 0.29) is 0 Å². The van der Waals surface area contributed by atoms with Crippen molar-refractivity contribution in [3.8, 4) is 0 Å². The van der Waals surface area contributed by atoms with Crippen LogP contribution in [0.2, 0.25) is 5.15 Å². The highest BCUT2D eigenvalue weighted by Crippen LogP contribution is 2.14. The van der Waals surface area contributed by atoms with Crippen LogP contribution in [0.25, 0.3) is 0 Å². The number of hydrogen-bond acceptors (Lipinski definition) is 2. The van der Waals surface area contributed by atoms with Gasteiger partial charge in [-0.15, -0.1) is 6.58 Å². The van der Waals surface area contributed by atoms with E-state index in [4.69, 9.17) is 17.3 Å². The molecule has 64 valence electrons. The van der Waals surface area contributed by atoms with Gasteiger partial charge in [0.15, 0.2) is 0 Å². The average molecular weight is 183 g/mol. The van der Waals surface area contributed by atoms with E-state index < -0.39 is 0 Å². The van der Waals surface area contributed by atoms with Gasteiger partial charge in [-0.1, -0.05) is 17.7 Å².